The van der Waals surface area contributed by atoms with Crippen LogP contribution in [0.2, 0.25) is 0 Å². The molecule has 3 aliphatic heterocycles. The zero-order chi connectivity index (χ0) is 20.7. The van der Waals surface area contributed by atoms with Gasteiger partial charge in [0.1, 0.15) is 0 Å². The fourth-order valence-corrected chi connectivity index (χ4v) is 5.53. The number of halogens is 1. The quantitative estimate of drug-likeness (QED) is 0.834. The molecular weight excluding hydrogens is 373 g/mol. The van der Waals surface area contributed by atoms with Crippen LogP contribution in [0.1, 0.15) is 31.2 Å². The number of likely N-dealkylation sites (tertiary alicyclic amines) is 1. The van der Waals surface area contributed by atoms with Crippen molar-refractivity contribution in [2.24, 2.45) is 11.8 Å². The molecule has 3 aliphatic rings. The number of likely N-dealkylation sites (N-methyl/N-ethyl adjacent to an activating group) is 1. The molecule has 7 heteroatoms. The maximum absolute atomic E-state index is 13.6. The van der Waals surface area contributed by atoms with E-state index in [1.165, 1.54) is 12.1 Å². The summed E-state index contributed by atoms with van der Waals surface area (Å²) >= 11 is 0. The SMILES string of the molecule is CN(C)C[C@H]1[C@H]2C[C@H](CN(C(=O)Cc3ccc(O)c(F)c3)C2)[C@@H]2CCCC(=O)N21. The fraction of sp³-hybridized carbons (Fsp3) is 0.636. The molecule has 3 heterocycles. The lowest BCUT2D eigenvalue weighted by molar-refractivity contribution is -0.156. The summed E-state index contributed by atoms with van der Waals surface area (Å²) in [5.41, 5.74) is 0.570. The maximum atomic E-state index is 13.6. The first-order chi connectivity index (χ1) is 13.8. The molecule has 0 saturated carbocycles. The van der Waals surface area contributed by atoms with E-state index in [0.29, 0.717) is 31.0 Å². The second-order valence-electron chi connectivity index (χ2n) is 9.11. The Balaban J connectivity index is 1.52. The van der Waals surface area contributed by atoms with E-state index in [9.17, 15) is 19.1 Å². The molecule has 1 aromatic rings. The first-order valence-corrected chi connectivity index (χ1v) is 10.5. The highest BCUT2D eigenvalue weighted by Crippen LogP contribution is 2.41. The number of phenolic OH excluding ortho intramolecular Hbond substituents is 1. The van der Waals surface area contributed by atoms with Crippen molar-refractivity contribution in [3.63, 3.8) is 0 Å². The van der Waals surface area contributed by atoms with Gasteiger partial charge in [-0.3, -0.25) is 9.59 Å². The van der Waals surface area contributed by atoms with Crippen molar-refractivity contribution in [1.29, 1.82) is 0 Å². The number of hydrogen-bond acceptors (Lipinski definition) is 4. The number of amides is 2. The second-order valence-corrected chi connectivity index (χ2v) is 9.11. The molecule has 2 amide bonds. The second kappa shape index (κ2) is 7.94. The summed E-state index contributed by atoms with van der Waals surface area (Å²) in [6.07, 6.45) is 3.76. The van der Waals surface area contributed by atoms with Gasteiger partial charge in [-0.05, 0) is 62.9 Å². The van der Waals surface area contributed by atoms with Gasteiger partial charge in [0.05, 0.1) is 6.42 Å². The molecule has 3 fully saturated rings. The number of aromatic hydroxyl groups is 1. The Hall–Kier alpha value is -2.15. The van der Waals surface area contributed by atoms with Gasteiger partial charge in [0.25, 0.3) is 0 Å². The summed E-state index contributed by atoms with van der Waals surface area (Å²) in [6, 6.07) is 4.48. The molecule has 0 aliphatic carbocycles. The van der Waals surface area contributed by atoms with Gasteiger partial charge in [-0.1, -0.05) is 6.07 Å². The number of fused-ring (bicyclic) bond motifs is 4. The van der Waals surface area contributed by atoms with Crippen LogP contribution in [-0.4, -0.2) is 77.4 Å². The number of piperidine rings is 3. The lowest BCUT2D eigenvalue weighted by atomic mass is 9.72. The van der Waals surface area contributed by atoms with Crippen molar-refractivity contribution >= 4 is 11.8 Å². The van der Waals surface area contributed by atoms with Gasteiger partial charge in [0.15, 0.2) is 11.6 Å². The van der Waals surface area contributed by atoms with E-state index in [2.05, 4.69) is 9.80 Å². The molecule has 0 unspecified atom stereocenters. The molecule has 0 spiro atoms. The first kappa shape index (κ1) is 20.1. The average Bonchev–Trinajstić information content (AvgIpc) is 2.68. The highest BCUT2D eigenvalue weighted by Gasteiger charge is 2.49. The Kier molecular flexibility index (Phi) is 5.51. The summed E-state index contributed by atoms with van der Waals surface area (Å²) < 4.78 is 13.6. The van der Waals surface area contributed by atoms with Crippen molar-refractivity contribution in [1.82, 2.24) is 14.7 Å². The standard InChI is InChI=1S/C22H30FN3O3/c1-24(2)13-19-16-10-15(18-4-3-5-21(28)26(18)19)11-25(12-16)22(29)9-14-6-7-20(27)17(23)8-14/h6-8,15-16,18-19,27H,3-5,9-13H2,1-2H3/t15-,16+,18+,19+/m1/s1. The molecule has 2 bridgehead atoms. The van der Waals surface area contributed by atoms with Gasteiger partial charge in [-0.15, -0.1) is 0 Å². The number of phenols is 1. The monoisotopic (exact) mass is 403 g/mol. The van der Waals surface area contributed by atoms with Crippen LogP contribution in [0.3, 0.4) is 0 Å². The zero-order valence-corrected chi connectivity index (χ0v) is 17.2. The molecule has 29 heavy (non-hydrogen) atoms. The lowest BCUT2D eigenvalue weighted by Gasteiger charge is -2.57. The van der Waals surface area contributed by atoms with Crippen LogP contribution in [-0.2, 0) is 16.0 Å². The van der Waals surface area contributed by atoms with Gasteiger partial charge in [0.2, 0.25) is 11.8 Å². The molecule has 4 rings (SSSR count). The Morgan fingerprint density at radius 1 is 1.28 bits per heavy atom. The van der Waals surface area contributed by atoms with Gasteiger partial charge in [-0.2, -0.15) is 0 Å². The summed E-state index contributed by atoms with van der Waals surface area (Å²) in [5.74, 6) is -0.256. The number of hydrogen-bond donors (Lipinski definition) is 1. The molecule has 0 aromatic heterocycles. The van der Waals surface area contributed by atoms with E-state index in [1.54, 1.807) is 6.07 Å². The van der Waals surface area contributed by atoms with Crippen LogP contribution in [0.15, 0.2) is 18.2 Å². The molecule has 1 aromatic carbocycles. The van der Waals surface area contributed by atoms with Gasteiger partial charge < -0.3 is 19.8 Å². The maximum Gasteiger partial charge on any atom is 0.227 e. The van der Waals surface area contributed by atoms with E-state index in [-0.39, 0.29) is 36.2 Å². The van der Waals surface area contributed by atoms with Crippen LogP contribution in [0.5, 0.6) is 5.75 Å². The summed E-state index contributed by atoms with van der Waals surface area (Å²) in [4.78, 5) is 31.9. The number of rotatable bonds is 4. The Morgan fingerprint density at radius 2 is 2.03 bits per heavy atom. The summed E-state index contributed by atoms with van der Waals surface area (Å²) in [7, 11) is 4.06. The lowest BCUT2D eigenvalue weighted by Crippen LogP contribution is -2.67. The number of nitrogens with zero attached hydrogens (tertiary/aromatic N) is 3. The van der Waals surface area contributed by atoms with Crippen LogP contribution in [0, 0.1) is 17.7 Å². The van der Waals surface area contributed by atoms with Crippen LogP contribution < -0.4 is 0 Å². The smallest absolute Gasteiger partial charge is 0.227 e. The summed E-state index contributed by atoms with van der Waals surface area (Å²) in [6.45, 7) is 2.12. The van der Waals surface area contributed by atoms with Crippen LogP contribution in [0.25, 0.3) is 0 Å². The van der Waals surface area contributed by atoms with Crippen LogP contribution >= 0.6 is 0 Å². The molecule has 6 nitrogen and oxygen atoms in total. The number of carbonyl (C=O) groups is 2. The molecule has 4 atom stereocenters. The normalized spacial score (nSPS) is 29.2. The largest absolute Gasteiger partial charge is 0.505 e. The topological polar surface area (TPSA) is 64.1 Å². The molecule has 158 valence electrons. The Bertz CT molecular complexity index is 800. The third-order valence-corrected chi connectivity index (χ3v) is 6.77. The minimum absolute atomic E-state index is 0.0102. The van der Waals surface area contributed by atoms with Gasteiger partial charge >= 0.3 is 0 Å². The minimum atomic E-state index is -0.701. The third-order valence-electron chi connectivity index (χ3n) is 6.77. The number of carbonyl (C=O) groups excluding carboxylic acids is 2. The van der Waals surface area contributed by atoms with Crippen molar-refractivity contribution in [2.75, 3.05) is 33.7 Å². The van der Waals surface area contributed by atoms with Crippen molar-refractivity contribution < 1.29 is 19.1 Å². The summed E-state index contributed by atoms with van der Waals surface area (Å²) in [5, 5.41) is 9.36. The van der Waals surface area contributed by atoms with E-state index < -0.39 is 11.6 Å². The molecule has 3 saturated heterocycles. The van der Waals surface area contributed by atoms with E-state index in [4.69, 9.17) is 0 Å². The minimum Gasteiger partial charge on any atom is -0.505 e. The molecule has 1 N–H and O–H groups in total. The predicted octanol–water partition coefficient (Wildman–Crippen LogP) is 1.86. The highest BCUT2D eigenvalue weighted by atomic mass is 19.1. The van der Waals surface area contributed by atoms with Crippen molar-refractivity contribution in [3.05, 3.63) is 29.6 Å². The first-order valence-electron chi connectivity index (χ1n) is 10.5. The molecule has 0 radical (unpaired) electrons. The van der Waals surface area contributed by atoms with Crippen molar-refractivity contribution in [2.45, 2.75) is 44.2 Å². The van der Waals surface area contributed by atoms with E-state index in [1.807, 2.05) is 19.0 Å². The Labute approximate surface area is 171 Å². The fourth-order valence-electron chi connectivity index (χ4n) is 5.53. The van der Waals surface area contributed by atoms with Crippen molar-refractivity contribution in [3.8, 4) is 5.75 Å². The zero-order valence-electron chi connectivity index (χ0n) is 17.2. The number of benzene rings is 1. The predicted molar refractivity (Wildman–Crippen MR) is 107 cm³/mol. The van der Waals surface area contributed by atoms with Crippen LogP contribution in [0.4, 0.5) is 4.39 Å². The third kappa shape index (κ3) is 3.97. The van der Waals surface area contributed by atoms with Gasteiger partial charge in [-0.25, -0.2) is 4.39 Å². The molecular formula is C22H30FN3O3. The average molecular weight is 403 g/mol. The van der Waals surface area contributed by atoms with E-state index >= 15 is 0 Å². The van der Waals surface area contributed by atoms with E-state index in [0.717, 1.165) is 25.8 Å². The highest BCUT2D eigenvalue weighted by molar-refractivity contribution is 5.80. The van der Waals surface area contributed by atoms with Gasteiger partial charge in [0, 0.05) is 38.1 Å². The Morgan fingerprint density at radius 3 is 2.76 bits per heavy atom.